The Morgan fingerprint density at radius 1 is 1.15 bits per heavy atom. The number of hydrogen-bond acceptors (Lipinski definition) is 7. The second-order valence-electron chi connectivity index (χ2n) is 7.24. The van der Waals surface area contributed by atoms with Gasteiger partial charge in [0.2, 0.25) is 0 Å². The molecule has 0 aliphatic carbocycles. The molecule has 2 aliphatic heterocycles. The van der Waals surface area contributed by atoms with E-state index in [9.17, 15) is 18.4 Å². The summed E-state index contributed by atoms with van der Waals surface area (Å²) in [7, 11) is 0. The molecule has 2 fully saturated rings. The van der Waals surface area contributed by atoms with Crippen molar-refractivity contribution in [3.05, 3.63) is 54.4 Å². The molecule has 2 saturated heterocycles. The van der Waals surface area contributed by atoms with E-state index in [1.807, 2.05) is 0 Å². The molecule has 4 heterocycles. The van der Waals surface area contributed by atoms with Crippen molar-refractivity contribution >= 4 is 35.7 Å². The minimum atomic E-state index is -0.869. The van der Waals surface area contributed by atoms with E-state index in [-0.39, 0.29) is 29.4 Å². The van der Waals surface area contributed by atoms with E-state index in [2.05, 4.69) is 25.0 Å². The van der Waals surface area contributed by atoms with Crippen molar-refractivity contribution in [2.75, 3.05) is 29.4 Å². The molecule has 168 valence electrons. The van der Waals surface area contributed by atoms with Crippen LogP contribution in [0.5, 0.6) is 0 Å². The molecular weight excluding hydrogens is 438 g/mol. The molecule has 3 aromatic rings. The maximum absolute atomic E-state index is 14.9. The molecule has 12 heteroatoms. The van der Waals surface area contributed by atoms with Gasteiger partial charge in [-0.05, 0) is 24.3 Å². The number of anilines is 2. The first-order valence-electron chi connectivity index (χ1n) is 9.93. The van der Waals surface area contributed by atoms with Crippen LogP contribution < -0.4 is 15.1 Å². The number of carbonyl (C=O) groups excluding carboxylic acids is 2. The Morgan fingerprint density at radius 2 is 1.97 bits per heavy atom. The van der Waals surface area contributed by atoms with Gasteiger partial charge in [0.05, 0.1) is 17.8 Å². The van der Waals surface area contributed by atoms with Crippen LogP contribution in [0.2, 0.25) is 0 Å². The number of hydrogen-bond donors (Lipinski definition) is 1. The van der Waals surface area contributed by atoms with Gasteiger partial charge in [-0.2, -0.15) is 0 Å². The van der Waals surface area contributed by atoms with Crippen LogP contribution in [-0.2, 0) is 4.74 Å². The zero-order chi connectivity index (χ0) is 22.9. The minimum Gasteiger partial charge on any atom is -0.438 e. The quantitative estimate of drug-likeness (QED) is 0.592. The lowest BCUT2D eigenvalue weighted by atomic mass is 10.1. The standard InChI is InChI=1S/C21H16F2N6O4/c22-15-7-13(29-11-14(33-21(29)31)10-25-17-3-6-32-27-17)8-16(23)19(15)12-1-2-18(26-9-12)28-5-4-24-20(28)30/h1-3,6-10,14H,4-5,11H2,(H,24,30). The summed E-state index contributed by atoms with van der Waals surface area (Å²) in [5.41, 5.74) is -0.0867. The van der Waals surface area contributed by atoms with E-state index in [1.54, 1.807) is 0 Å². The summed E-state index contributed by atoms with van der Waals surface area (Å²) in [6.07, 6.45) is 2.53. The fourth-order valence-electron chi connectivity index (χ4n) is 3.58. The summed E-state index contributed by atoms with van der Waals surface area (Å²) in [6.45, 7) is 0.976. The number of amides is 3. The molecule has 0 radical (unpaired) electrons. The van der Waals surface area contributed by atoms with Crippen LogP contribution in [0.1, 0.15) is 0 Å². The van der Waals surface area contributed by atoms with Crippen molar-refractivity contribution in [3.8, 4) is 11.1 Å². The predicted molar refractivity (Wildman–Crippen MR) is 113 cm³/mol. The van der Waals surface area contributed by atoms with E-state index >= 15 is 0 Å². The summed E-state index contributed by atoms with van der Waals surface area (Å²) in [4.78, 5) is 34.7. The molecule has 1 N–H and O–H groups in total. The number of aromatic nitrogens is 2. The third-order valence-electron chi connectivity index (χ3n) is 5.14. The molecule has 0 spiro atoms. The first kappa shape index (κ1) is 20.5. The van der Waals surface area contributed by atoms with Crippen LogP contribution in [0.15, 0.2) is 52.3 Å². The van der Waals surface area contributed by atoms with Crippen LogP contribution in [0.4, 0.5) is 35.7 Å². The third-order valence-corrected chi connectivity index (χ3v) is 5.14. The van der Waals surface area contributed by atoms with Crippen LogP contribution in [0.25, 0.3) is 11.1 Å². The highest BCUT2D eigenvalue weighted by atomic mass is 19.1. The topological polar surface area (TPSA) is 113 Å². The molecule has 2 aliphatic rings. The molecule has 0 saturated carbocycles. The van der Waals surface area contributed by atoms with E-state index in [1.165, 1.54) is 41.8 Å². The number of aliphatic imine (C=N–C) groups is 1. The third kappa shape index (κ3) is 3.97. The Bertz CT molecular complexity index is 1210. The fourth-order valence-corrected chi connectivity index (χ4v) is 3.58. The number of benzene rings is 1. The van der Waals surface area contributed by atoms with Crippen molar-refractivity contribution in [2.45, 2.75) is 6.10 Å². The second kappa shape index (κ2) is 8.30. The second-order valence-corrected chi connectivity index (χ2v) is 7.24. The van der Waals surface area contributed by atoms with Crippen LogP contribution in [0.3, 0.4) is 0 Å². The molecule has 2 aromatic heterocycles. The van der Waals surface area contributed by atoms with Gasteiger partial charge in [0.15, 0.2) is 11.9 Å². The monoisotopic (exact) mass is 454 g/mol. The molecule has 0 bridgehead atoms. The van der Waals surface area contributed by atoms with Gasteiger partial charge in [0.25, 0.3) is 0 Å². The number of rotatable bonds is 5. The van der Waals surface area contributed by atoms with Gasteiger partial charge in [-0.25, -0.2) is 28.3 Å². The SMILES string of the molecule is O=C1OC(C=Nc2ccon2)CN1c1cc(F)c(-c2ccc(N3CCNC3=O)nc2)c(F)c1. The molecule has 1 aromatic carbocycles. The van der Waals surface area contributed by atoms with Gasteiger partial charge >= 0.3 is 12.1 Å². The van der Waals surface area contributed by atoms with Crippen molar-refractivity contribution in [1.82, 2.24) is 15.5 Å². The average Bonchev–Trinajstić information content (AvgIpc) is 3.54. The van der Waals surface area contributed by atoms with E-state index in [0.29, 0.717) is 24.7 Å². The van der Waals surface area contributed by atoms with Crippen LogP contribution in [-0.4, -0.2) is 54.2 Å². The zero-order valence-electron chi connectivity index (χ0n) is 16.9. The Kier molecular flexibility index (Phi) is 5.17. The number of nitrogens with one attached hydrogen (secondary N) is 1. The summed E-state index contributed by atoms with van der Waals surface area (Å²) < 4.78 is 39.7. The lowest BCUT2D eigenvalue weighted by Gasteiger charge is -2.16. The predicted octanol–water partition coefficient (Wildman–Crippen LogP) is 3.27. The first-order valence-corrected chi connectivity index (χ1v) is 9.93. The van der Waals surface area contributed by atoms with Gasteiger partial charge in [-0.15, -0.1) is 0 Å². The highest BCUT2D eigenvalue weighted by Crippen LogP contribution is 2.32. The van der Waals surface area contributed by atoms with Crippen LogP contribution >= 0.6 is 0 Å². The van der Waals surface area contributed by atoms with Crippen LogP contribution in [0, 0.1) is 11.6 Å². The molecule has 3 amide bonds. The van der Waals surface area contributed by atoms with Crippen molar-refractivity contribution in [1.29, 1.82) is 0 Å². The van der Waals surface area contributed by atoms with E-state index < -0.39 is 23.8 Å². The van der Waals surface area contributed by atoms with Gasteiger partial charge in [-0.3, -0.25) is 9.80 Å². The highest BCUT2D eigenvalue weighted by Gasteiger charge is 2.32. The number of cyclic esters (lactones) is 1. The van der Waals surface area contributed by atoms with E-state index in [0.717, 1.165) is 17.0 Å². The molecular formula is C21H16F2N6O4. The van der Waals surface area contributed by atoms with Gasteiger partial charge in [0, 0.05) is 37.1 Å². The molecule has 33 heavy (non-hydrogen) atoms. The molecule has 10 nitrogen and oxygen atoms in total. The molecule has 1 atom stereocenters. The van der Waals surface area contributed by atoms with Gasteiger partial charge in [0.1, 0.15) is 23.7 Å². The Labute approximate surface area is 185 Å². The van der Waals surface area contributed by atoms with Crippen molar-refractivity contribution in [2.24, 2.45) is 4.99 Å². The summed E-state index contributed by atoms with van der Waals surface area (Å²) in [5, 5.41) is 6.27. The Morgan fingerprint density at radius 3 is 2.61 bits per heavy atom. The summed E-state index contributed by atoms with van der Waals surface area (Å²) >= 11 is 0. The maximum atomic E-state index is 14.9. The van der Waals surface area contributed by atoms with Gasteiger partial charge in [-0.1, -0.05) is 5.16 Å². The lowest BCUT2D eigenvalue weighted by molar-refractivity contribution is 0.167. The van der Waals surface area contributed by atoms with Crippen molar-refractivity contribution in [3.63, 3.8) is 0 Å². The number of pyridine rings is 1. The summed E-state index contributed by atoms with van der Waals surface area (Å²) in [6, 6.07) is 6.35. The highest BCUT2D eigenvalue weighted by molar-refractivity contribution is 5.94. The largest absolute Gasteiger partial charge is 0.438 e. The average molecular weight is 454 g/mol. The van der Waals surface area contributed by atoms with Crippen molar-refractivity contribution < 1.29 is 27.6 Å². The normalized spacial score (nSPS) is 18.3. The van der Waals surface area contributed by atoms with Gasteiger partial charge < -0.3 is 14.6 Å². The Hall–Kier alpha value is -4.35. The lowest BCUT2D eigenvalue weighted by Crippen LogP contribution is -2.28. The minimum absolute atomic E-state index is 0.00871. The maximum Gasteiger partial charge on any atom is 0.415 e. The number of urea groups is 1. The smallest absolute Gasteiger partial charge is 0.415 e. The number of nitrogens with zero attached hydrogens (tertiary/aromatic N) is 5. The molecule has 1 unspecified atom stereocenters. The zero-order valence-corrected chi connectivity index (χ0v) is 16.9. The first-order chi connectivity index (χ1) is 16.0. The number of halogens is 2. The number of ether oxygens (including phenoxy) is 1. The summed E-state index contributed by atoms with van der Waals surface area (Å²) in [5.74, 6) is -1.06. The number of carbonyl (C=O) groups is 2. The van der Waals surface area contributed by atoms with E-state index in [4.69, 9.17) is 4.74 Å². The fraction of sp³-hybridized carbons (Fsp3) is 0.190. The molecule has 5 rings (SSSR count). The Balaban J connectivity index is 1.35.